The van der Waals surface area contributed by atoms with E-state index in [2.05, 4.69) is 10.0 Å². The highest BCUT2D eigenvalue weighted by Gasteiger charge is 2.45. The first-order valence-corrected chi connectivity index (χ1v) is 4.72. The lowest BCUT2D eigenvalue weighted by Gasteiger charge is -2.38. The van der Waals surface area contributed by atoms with Crippen LogP contribution in [-0.4, -0.2) is 40.2 Å². The number of hydrogen-bond donors (Lipinski definition) is 2. The third-order valence-corrected chi connectivity index (χ3v) is 2.80. The molecule has 0 saturated carbocycles. The average molecular weight is 228 g/mol. The van der Waals surface area contributed by atoms with E-state index in [1.165, 1.54) is 0 Å². The van der Waals surface area contributed by atoms with Crippen molar-refractivity contribution in [2.24, 2.45) is 5.11 Å². The fourth-order valence-corrected chi connectivity index (χ4v) is 1.92. The van der Waals surface area contributed by atoms with Crippen molar-refractivity contribution in [1.82, 2.24) is 9.81 Å². The second kappa shape index (κ2) is 4.28. The van der Waals surface area contributed by atoms with Crippen LogP contribution in [0, 0.1) is 5.53 Å². The van der Waals surface area contributed by atoms with Gasteiger partial charge in [-0.05, 0) is 6.92 Å². The van der Waals surface area contributed by atoms with Crippen LogP contribution in [0.1, 0.15) is 19.8 Å². The Labute approximate surface area is 91.1 Å². The zero-order chi connectivity index (χ0) is 12.3. The van der Waals surface area contributed by atoms with Crippen LogP contribution in [0.25, 0.3) is 0 Å². The molecule has 0 spiro atoms. The molecule has 8 nitrogen and oxygen atoms in total. The summed E-state index contributed by atoms with van der Waals surface area (Å²) in [5, 5.41) is 23.2. The van der Waals surface area contributed by atoms with Gasteiger partial charge in [0.25, 0.3) is 0 Å². The number of hydrogen-bond acceptors (Lipinski definition) is 5. The molecule has 1 aliphatic rings. The number of piperidine rings is 1. The Morgan fingerprint density at radius 2 is 2.31 bits per heavy atom. The van der Waals surface area contributed by atoms with Crippen LogP contribution in [0.4, 0.5) is 4.79 Å². The fourth-order valence-electron chi connectivity index (χ4n) is 1.92. The Hall–Kier alpha value is -1.95. The number of nitrogens with zero attached hydrogens (tertiary/aromatic N) is 3. The van der Waals surface area contributed by atoms with Crippen molar-refractivity contribution in [3.63, 3.8) is 0 Å². The normalized spacial score (nSPS) is 29.3. The molecular formula is C8H12N4O4. The molecule has 0 radical (unpaired) electrons. The molecule has 0 aromatic heterocycles. The first-order valence-electron chi connectivity index (χ1n) is 4.72. The van der Waals surface area contributed by atoms with E-state index in [1.54, 1.807) is 6.92 Å². The fraction of sp³-hybridized carbons (Fsp3) is 0.750. The summed E-state index contributed by atoms with van der Waals surface area (Å²) in [5.74, 6) is -1.42. The SMILES string of the molecule is C[C@H]1C[C@@](N=[N+]=N)(C(=O)[O-])CCN1C(=O)O. The van der Waals surface area contributed by atoms with Crippen LogP contribution in [0.15, 0.2) is 5.11 Å². The van der Waals surface area contributed by atoms with Crippen LogP contribution >= 0.6 is 0 Å². The Kier molecular flexibility index (Phi) is 3.24. The summed E-state index contributed by atoms with van der Waals surface area (Å²) in [4.78, 5) is 25.6. The molecule has 8 heteroatoms. The molecule has 0 bridgehead atoms. The minimum absolute atomic E-state index is 0.0195. The number of rotatable bonds is 2. The average Bonchev–Trinajstić information content (AvgIpc) is 2.17. The topological polar surface area (TPSA) is 131 Å². The quantitative estimate of drug-likeness (QED) is 0.472. The second-order valence-electron chi connectivity index (χ2n) is 3.80. The van der Waals surface area contributed by atoms with Crippen molar-refractivity contribution in [3.8, 4) is 0 Å². The third-order valence-electron chi connectivity index (χ3n) is 2.80. The molecule has 1 amide bonds. The van der Waals surface area contributed by atoms with Gasteiger partial charge in [-0.25, -0.2) is 4.79 Å². The predicted octanol–water partition coefficient (Wildman–Crippen LogP) is -0.812. The van der Waals surface area contributed by atoms with Crippen molar-refractivity contribution >= 4 is 12.1 Å². The van der Waals surface area contributed by atoms with Crippen molar-refractivity contribution in [3.05, 3.63) is 0 Å². The predicted molar refractivity (Wildman–Crippen MR) is 48.4 cm³/mol. The Balaban J connectivity index is 2.93. The number of nitrogens with one attached hydrogen (secondary N) is 1. The summed E-state index contributed by atoms with van der Waals surface area (Å²) in [7, 11) is 0. The molecule has 88 valence electrons. The highest BCUT2D eigenvalue weighted by Crippen LogP contribution is 2.29. The molecule has 2 N–H and O–H groups in total. The maximum absolute atomic E-state index is 11.0. The molecule has 1 rings (SSSR count). The number of carboxylic acid groups (broad SMARTS) is 2. The van der Waals surface area contributed by atoms with Crippen molar-refractivity contribution in [1.29, 1.82) is 5.53 Å². The van der Waals surface area contributed by atoms with E-state index >= 15 is 0 Å². The molecule has 0 unspecified atom stereocenters. The summed E-state index contributed by atoms with van der Waals surface area (Å²) >= 11 is 0. The van der Waals surface area contributed by atoms with E-state index in [1.807, 2.05) is 0 Å². The van der Waals surface area contributed by atoms with Gasteiger partial charge in [-0.15, -0.1) is 0 Å². The van der Waals surface area contributed by atoms with E-state index in [0.29, 0.717) is 0 Å². The highest BCUT2D eigenvalue weighted by molar-refractivity contribution is 5.77. The molecule has 16 heavy (non-hydrogen) atoms. The third kappa shape index (κ3) is 2.01. The molecule has 0 aromatic carbocycles. The zero-order valence-corrected chi connectivity index (χ0v) is 8.71. The molecule has 1 aliphatic heterocycles. The summed E-state index contributed by atoms with van der Waals surface area (Å²) in [6.45, 7) is 1.63. The number of amides is 1. The van der Waals surface area contributed by atoms with E-state index in [0.717, 1.165) is 4.90 Å². The van der Waals surface area contributed by atoms with Gasteiger partial charge >= 0.3 is 6.09 Å². The number of carboxylic acids is 1. The van der Waals surface area contributed by atoms with Crippen molar-refractivity contribution in [2.45, 2.75) is 31.3 Å². The van der Waals surface area contributed by atoms with Crippen LogP contribution in [0.2, 0.25) is 0 Å². The van der Waals surface area contributed by atoms with Gasteiger partial charge in [0.05, 0.1) is 5.97 Å². The van der Waals surface area contributed by atoms with E-state index in [9.17, 15) is 14.7 Å². The van der Waals surface area contributed by atoms with Crippen molar-refractivity contribution < 1.29 is 19.8 Å². The monoisotopic (exact) mass is 228 g/mol. The van der Waals surface area contributed by atoms with Crippen LogP contribution in [-0.2, 0) is 4.79 Å². The first-order chi connectivity index (χ1) is 7.43. The molecule has 1 fully saturated rings. The van der Waals surface area contributed by atoms with E-state index in [4.69, 9.17) is 10.6 Å². The summed E-state index contributed by atoms with van der Waals surface area (Å²) in [6.07, 6.45) is -1.14. The Morgan fingerprint density at radius 3 is 2.69 bits per heavy atom. The second-order valence-corrected chi connectivity index (χ2v) is 3.80. The van der Waals surface area contributed by atoms with Gasteiger partial charge in [0.15, 0.2) is 5.54 Å². The van der Waals surface area contributed by atoms with Gasteiger partial charge in [0.2, 0.25) is 4.91 Å². The van der Waals surface area contributed by atoms with Crippen LogP contribution < -0.4 is 10.0 Å². The molecule has 1 saturated heterocycles. The lowest BCUT2D eigenvalue weighted by Crippen LogP contribution is -2.57. The first kappa shape index (κ1) is 12.1. The largest absolute Gasteiger partial charge is 0.547 e. The van der Waals surface area contributed by atoms with Gasteiger partial charge in [0.1, 0.15) is 10.6 Å². The number of aliphatic carboxylic acids is 1. The molecule has 0 aliphatic carbocycles. The lowest BCUT2D eigenvalue weighted by molar-refractivity contribution is -0.314. The zero-order valence-electron chi connectivity index (χ0n) is 8.71. The lowest BCUT2D eigenvalue weighted by atomic mass is 9.84. The van der Waals surface area contributed by atoms with E-state index < -0.39 is 23.6 Å². The smallest absolute Gasteiger partial charge is 0.407 e. The van der Waals surface area contributed by atoms with Gasteiger partial charge in [-0.3, -0.25) is 0 Å². The van der Waals surface area contributed by atoms with Gasteiger partial charge in [0, 0.05) is 25.4 Å². The number of likely N-dealkylation sites (tertiary alicyclic amines) is 1. The minimum Gasteiger partial charge on any atom is -0.547 e. The van der Waals surface area contributed by atoms with Gasteiger partial charge in [-0.1, -0.05) is 0 Å². The Morgan fingerprint density at radius 1 is 1.69 bits per heavy atom. The molecule has 0 aromatic rings. The maximum Gasteiger partial charge on any atom is 0.407 e. The number of carbonyl (C=O) groups is 2. The van der Waals surface area contributed by atoms with E-state index in [-0.39, 0.29) is 19.4 Å². The highest BCUT2D eigenvalue weighted by atomic mass is 16.4. The molecular weight excluding hydrogens is 216 g/mol. The summed E-state index contributed by atoms with van der Waals surface area (Å²) in [6, 6.07) is -0.491. The van der Waals surface area contributed by atoms with Crippen LogP contribution in [0.5, 0.6) is 0 Å². The maximum atomic E-state index is 11.0. The summed E-state index contributed by atoms with van der Waals surface area (Å²) in [5.41, 5.74) is 5.03. The molecule has 1 heterocycles. The molecule has 2 atom stereocenters. The van der Waals surface area contributed by atoms with Gasteiger partial charge in [-0.2, -0.15) is 0 Å². The summed E-state index contributed by atoms with van der Waals surface area (Å²) < 4.78 is 0. The number of carbonyl (C=O) groups excluding carboxylic acids is 1. The van der Waals surface area contributed by atoms with Crippen molar-refractivity contribution in [2.75, 3.05) is 6.54 Å². The van der Waals surface area contributed by atoms with Crippen LogP contribution in [0.3, 0.4) is 0 Å². The Bertz CT molecular complexity index is 361. The van der Waals surface area contributed by atoms with Gasteiger partial charge < -0.3 is 19.9 Å². The minimum atomic E-state index is -1.56. The standard InChI is InChI=1S/C8H12N4O4/c1-5-4-8(6(13)14,10-11-9)2-3-12(5)7(15)16/h5,9H,2-4H2,1H3,(H-,13,14,15,16)/t5-,8+/m0/s1.